The normalized spacial score (nSPS) is 51.2. The summed E-state index contributed by atoms with van der Waals surface area (Å²) in [6, 6.07) is 0. The van der Waals surface area contributed by atoms with Gasteiger partial charge in [0.05, 0.1) is 23.7 Å². The first kappa shape index (κ1) is 13.5. The molecule has 0 N–H and O–H groups in total. The van der Waals surface area contributed by atoms with E-state index in [9.17, 15) is 8.42 Å². The molecule has 3 fully saturated rings. The molecule has 3 aliphatic heterocycles. The van der Waals surface area contributed by atoms with Crippen LogP contribution in [0.15, 0.2) is 0 Å². The Kier molecular flexibility index (Phi) is 3.39. The lowest BCUT2D eigenvalue weighted by Crippen LogP contribution is -2.39. The molecule has 2 unspecified atom stereocenters. The highest BCUT2D eigenvalue weighted by Gasteiger charge is 2.49. The summed E-state index contributed by atoms with van der Waals surface area (Å²) in [5, 5.41) is -0.208. The van der Waals surface area contributed by atoms with Crippen molar-refractivity contribution >= 4 is 28.1 Å². The lowest BCUT2D eigenvalue weighted by Gasteiger charge is -2.37. The van der Waals surface area contributed by atoms with Crippen LogP contribution in [0, 0.1) is 11.8 Å². The van der Waals surface area contributed by atoms with Crippen molar-refractivity contribution in [2.45, 2.75) is 36.2 Å². The lowest BCUT2D eigenvalue weighted by molar-refractivity contribution is 0.0755. The first-order chi connectivity index (χ1) is 8.38. The highest BCUT2D eigenvalue weighted by Crippen LogP contribution is 2.51. The van der Waals surface area contributed by atoms with Gasteiger partial charge in [-0.3, -0.25) is 0 Å². The topological polar surface area (TPSA) is 52.6 Å². The van der Waals surface area contributed by atoms with E-state index in [0.29, 0.717) is 25.0 Å². The highest BCUT2D eigenvalue weighted by atomic mass is 32.5. The van der Waals surface area contributed by atoms with Crippen LogP contribution in [0.5, 0.6) is 0 Å². The maximum absolute atomic E-state index is 12.0. The molecule has 0 amide bonds. The molecule has 4 nitrogen and oxygen atoms in total. The summed E-state index contributed by atoms with van der Waals surface area (Å²) in [7, 11) is -2.82. The maximum Gasteiger partial charge on any atom is 0.185 e. The molecule has 3 heterocycles. The average Bonchev–Trinajstić information content (AvgIpc) is 2.51. The fourth-order valence-electron chi connectivity index (χ4n) is 3.45. The van der Waals surface area contributed by atoms with Crippen molar-refractivity contribution in [1.82, 2.24) is 0 Å². The molecular formula is C11H19O4PS2. The van der Waals surface area contributed by atoms with E-state index >= 15 is 0 Å². The van der Waals surface area contributed by atoms with Crippen molar-refractivity contribution in [3.63, 3.8) is 0 Å². The summed E-state index contributed by atoms with van der Waals surface area (Å²) in [4.78, 5) is 0. The van der Waals surface area contributed by atoms with Crippen LogP contribution in [-0.4, -0.2) is 38.8 Å². The molecule has 0 aromatic rings. The van der Waals surface area contributed by atoms with E-state index < -0.39 is 16.3 Å². The smallest absolute Gasteiger partial charge is 0.185 e. The predicted molar refractivity (Wildman–Crippen MR) is 74.1 cm³/mol. The van der Waals surface area contributed by atoms with Gasteiger partial charge in [0.1, 0.15) is 0 Å². The van der Waals surface area contributed by atoms with Crippen LogP contribution in [0.3, 0.4) is 0 Å². The van der Waals surface area contributed by atoms with Gasteiger partial charge >= 0.3 is 0 Å². The van der Waals surface area contributed by atoms with Crippen molar-refractivity contribution in [1.29, 1.82) is 0 Å². The molecule has 18 heavy (non-hydrogen) atoms. The zero-order chi connectivity index (χ0) is 13.0. The molecule has 0 aliphatic carbocycles. The zero-order valence-electron chi connectivity index (χ0n) is 10.4. The summed E-state index contributed by atoms with van der Waals surface area (Å²) < 4.78 is 35.3. The van der Waals surface area contributed by atoms with Crippen molar-refractivity contribution in [3.8, 4) is 0 Å². The number of hydrogen-bond acceptors (Lipinski definition) is 5. The quantitative estimate of drug-likeness (QED) is 0.693. The molecule has 2 atom stereocenters. The van der Waals surface area contributed by atoms with Crippen LogP contribution >= 0.6 is 6.49 Å². The van der Waals surface area contributed by atoms with Crippen LogP contribution < -0.4 is 0 Å². The van der Waals surface area contributed by atoms with Gasteiger partial charge in [-0.2, -0.15) is 0 Å². The SMILES string of the molecule is CP1(=S)OCC(C2CC3CCC(C2)S3(=O)=O)CO1. The minimum Gasteiger partial charge on any atom is -0.329 e. The van der Waals surface area contributed by atoms with Gasteiger partial charge < -0.3 is 9.05 Å². The van der Waals surface area contributed by atoms with Crippen LogP contribution in [-0.2, 0) is 30.7 Å². The third kappa shape index (κ3) is 2.31. The second-order valence-electron chi connectivity index (χ2n) is 5.76. The van der Waals surface area contributed by atoms with Gasteiger partial charge in [0.15, 0.2) is 16.3 Å². The molecule has 0 aromatic carbocycles. The minimum atomic E-state index is -2.82. The number of rotatable bonds is 1. The Morgan fingerprint density at radius 1 is 1.06 bits per heavy atom. The van der Waals surface area contributed by atoms with E-state index in [4.69, 9.17) is 20.9 Å². The van der Waals surface area contributed by atoms with Gasteiger partial charge in [0, 0.05) is 12.6 Å². The molecule has 0 radical (unpaired) electrons. The Hall–Kier alpha value is 0.520. The summed E-state index contributed by atoms with van der Waals surface area (Å²) in [6.45, 7) is 1.16. The third-order valence-electron chi connectivity index (χ3n) is 4.58. The summed E-state index contributed by atoms with van der Waals surface area (Å²) in [5.41, 5.74) is 0. The fraction of sp³-hybridized carbons (Fsp3) is 1.00. The molecule has 3 saturated heterocycles. The fourth-order valence-corrected chi connectivity index (χ4v) is 7.32. The Morgan fingerprint density at radius 2 is 1.56 bits per heavy atom. The van der Waals surface area contributed by atoms with E-state index in [1.54, 1.807) is 0 Å². The summed E-state index contributed by atoms with van der Waals surface area (Å²) in [5.74, 6) is 0.765. The van der Waals surface area contributed by atoms with Crippen molar-refractivity contribution in [2.75, 3.05) is 19.9 Å². The number of fused-ring (bicyclic) bond motifs is 2. The third-order valence-corrected chi connectivity index (χ3v) is 9.17. The average molecular weight is 310 g/mol. The van der Waals surface area contributed by atoms with Crippen LogP contribution in [0.4, 0.5) is 0 Å². The Labute approximate surface area is 114 Å². The molecule has 104 valence electrons. The van der Waals surface area contributed by atoms with Gasteiger partial charge in [0.2, 0.25) is 0 Å². The van der Waals surface area contributed by atoms with Crippen molar-refractivity contribution in [2.24, 2.45) is 11.8 Å². The standard InChI is InChI=1S/C11H19O4PS2/c1-16(17)14-6-9(7-15-16)8-4-10-2-3-11(5-8)18(10,12)13/h8-11H,2-7H2,1H3. The van der Waals surface area contributed by atoms with Gasteiger partial charge in [-0.05, 0) is 43.4 Å². The Bertz CT molecular complexity index is 457. The van der Waals surface area contributed by atoms with Crippen molar-refractivity contribution in [3.05, 3.63) is 0 Å². The molecule has 2 bridgehead atoms. The second kappa shape index (κ2) is 4.52. The predicted octanol–water partition coefficient (Wildman–Crippen LogP) is 1.94. The Morgan fingerprint density at radius 3 is 2.06 bits per heavy atom. The highest BCUT2D eigenvalue weighted by molar-refractivity contribution is 8.09. The number of hydrogen-bond donors (Lipinski definition) is 0. The first-order valence-corrected chi connectivity index (χ1v) is 11.2. The molecule has 7 heteroatoms. The van der Waals surface area contributed by atoms with Crippen molar-refractivity contribution < 1.29 is 17.5 Å². The second-order valence-corrected chi connectivity index (χ2v) is 12.3. The Balaban J connectivity index is 1.69. The molecule has 0 spiro atoms. The first-order valence-electron chi connectivity index (χ1n) is 6.48. The summed E-state index contributed by atoms with van der Waals surface area (Å²) in [6.07, 6.45) is 3.29. The van der Waals surface area contributed by atoms with E-state index in [0.717, 1.165) is 25.7 Å². The van der Waals surface area contributed by atoms with E-state index in [1.807, 2.05) is 6.66 Å². The number of sulfone groups is 1. The lowest BCUT2D eigenvalue weighted by atomic mass is 9.86. The van der Waals surface area contributed by atoms with Gasteiger partial charge in [0.25, 0.3) is 0 Å². The van der Waals surface area contributed by atoms with Crippen LogP contribution in [0.1, 0.15) is 25.7 Å². The van der Waals surface area contributed by atoms with E-state index in [-0.39, 0.29) is 10.5 Å². The molecule has 3 aliphatic rings. The minimum absolute atomic E-state index is 0.104. The van der Waals surface area contributed by atoms with Gasteiger partial charge in [-0.25, -0.2) is 8.42 Å². The molecular weight excluding hydrogens is 291 g/mol. The zero-order valence-corrected chi connectivity index (χ0v) is 13.0. The van der Waals surface area contributed by atoms with E-state index in [2.05, 4.69) is 0 Å². The monoisotopic (exact) mass is 310 g/mol. The largest absolute Gasteiger partial charge is 0.329 e. The molecule has 0 aromatic heterocycles. The maximum atomic E-state index is 12.0. The van der Waals surface area contributed by atoms with E-state index in [1.165, 1.54) is 0 Å². The van der Waals surface area contributed by atoms with Crippen LogP contribution in [0.2, 0.25) is 0 Å². The van der Waals surface area contributed by atoms with Crippen LogP contribution in [0.25, 0.3) is 0 Å². The van der Waals surface area contributed by atoms with Gasteiger partial charge in [-0.1, -0.05) is 0 Å². The molecule has 3 rings (SSSR count). The van der Waals surface area contributed by atoms with Gasteiger partial charge in [-0.15, -0.1) is 0 Å². The molecule has 0 saturated carbocycles. The summed E-state index contributed by atoms with van der Waals surface area (Å²) >= 11 is 5.22.